The molecule has 0 heterocycles. The maximum Gasteiger partial charge on any atom is 0.0765 e. The fourth-order valence-electron chi connectivity index (χ4n) is 0.407. The van der Waals surface area contributed by atoms with E-state index < -0.39 is 0 Å². The summed E-state index contributed by atoms with van der Waals surface area (Å²) in [6.45, 7) is 6.55. The van der Waals surface area contributed by atoms with Crippen molar-refractivity contribution in [3.05, 3.63) is 11.5 Å². The van der Waals surface area contributed by atoms with Gasteiger partial charge in [-0.05, 0) is 5.75 Å². The highest BCUT2D eigenvalue weighted by atomic mass is 32.2. The van der Waals surface area contributed by atoms with Crippen LogP contribution in [0.4, 0.5) is 0 Å². The van der Waals surface area contributed by atoms with Crippen LogP contribution in [0.25, 0.3) is 0 Å². The average molecular weight is 132 g/mol. The molecule has 0 N–H and O–H groups in total. The van der Waals surface area contributed by atoms with Gasteiger partial charge in [-0.3, -0.25) is 0 Å². The molecule has 0 aromatic carbocycles. The van der Waals surface area contributed by atoms with E-state index >= 15 is 0 Å². The van der Waals surface area contributed by atoms with Gasteiger partial charge < -0.3 is 4.74 Å². The summed E-state index contributed by atoms with van der Waals surface area (Å²) >= 11 is 1.74. The number of hydrogen-bond donors (Lipinski definition) is 0. The summed E-state index contributed by atoms with van der Waals surface area (Å²) in [5, 5.41) is 0. The lowest BCUT2D eigenvalue weighted by atomic mass is 10.7. The predicted molar refractivity (Wildman–Crippen MR) is 39.1 cm³/mol. The first kappa shape index (κ1) is 8.05. The van der Waals surface area contributed by atoms with Crippen molar-refractivity contribution in [3.63, 3.8) is 0 Å². The Kier molecular flexibility index (Phi) is 5.22. The fourth-order valence-corrected chi connectivity index (χ4v) is 1.02. The highest BCUT2D eigenvalue weighted by Gasteiger charge is 1.88. The molecule has 0 aromatic heterocycles. The molecule has 0 aliphatic carbocycles. The van der Waals surface area contributed by atoms with Crippen LogP contribution in [0, 0.1) is 0 Å². The SMILES string of the molecule is C=C(COC)SCC. The second-order valence-corrected chi connectivity index (χ2v) is 2.85. The Hall–Kier alpha value is 0.0500. The molecule has 0 aliphatic rings. The molecule has 2 heteroatoms. The van der Waals surface area contributed by atoms with Crippen molar-refractivity contribution in [2.45, 2.75) is 6.92 Å². The van der Waals surface area contributed by atoms with Gasteiger partial charge in [0.2, 0.25) is 0 Å². The maximum absolute atomic E-state index is 4.84. The topological polar surface area (TPSA) is 9.23 Å². The normalized spacial score (nSPS) is 9.25. The van der Waals surface area contributed by atoms with E-state index in [0.717, 1.165) is 10.7 Å². The summed E-state index contributed by atoms with van der Waals surface area (Å²) in [5.41, 5.74) is 0. The quantitative estimate of drug-likeness (QED) is 0.577. The molecule has 0 unspecified atom stereocenters. The van der Waals surface area contributed by atoms with E-state index in [1.807, 2.05) is 0 Å². The molecule has 0 saturated heterocycles. The highest BCUT2D eigenvalue weighted by Crippen LogP contribution is 2.11. The van der Waals surface area contributed by atoms with Gasteiger partial charge >= 0.3 is 0 Å². The number of ether oxygens (including phenoxy) is 1. The van der Waals surface area contributed by atoms with Crippen LogP contribution in [0.2, 0.25) is 0 Å². The molecule has 0 radical (unpaired) electrons. The molecule has 0 saturated carbocycles. The smallest absolute Gasteiger partial charge is 0.0765 e. The average Bonchev–Trinajstić information content (AvgIpc) is 1.68. The molecular weight excluding hydrogens is 120 g/mol. The Balaban J connectivity index is 3.06. The maximum atomic E-state index is 4.84. The first-order chi connectivity index (χ1) is 3.81. The molecule has 8 heavy (non-hydrogen) atoms. The lowest BCUT2D eigenvalue weighted by Gasteiger charge is -1.98. The molecule has 0 rings (SSSR count). The van der Waals surface area contributed by atoms with E-state index in [0.29, 0.717) is 6.61 Å². The van der Waals surface area contributed by atoms with Crippen molar-refractivity contribution in [3.8, 4) is 0 Å². The van der Waals surface area contributed by atoms with Crippen LogP contribution < -0.4 is 0 Å². The number of methoxy groups -OCH3 is 1. The van der Waals surface area contributed by atoms with Gasteiger partial charge in [0.25, 0.3) is 0 Å². The second-order valence-electron chi connectivity index (χ2n) is 1.40. The molecular formula is C6H12OS. The Bertz CT molecular complexity index is 62.9. The van der Waals surface area contributed by atoms with Crippen LogP contribution in [-0.4, -0.2) is 19.5 Å². The molecule has 0 aliphatic heterocycles. The van der Waals surface area contributed by atoms with Crippen LogP contribution >= 0.6 is 11.8 Å². The Labute approximate surface area is 55.1 Å². The van der Waals surface area contributed by atoms with Crippen molar-refractivity contribution >= 4 is 11.8 Å². The van der Waals surface area contributed by atoms with E-state index in [1.54, 1.807) is 18.9 Å². The van der Waals surface area contributed by atoms with Gasteiger partial charge in [0.15, 0.2) is 0 Å². The Morgan fingerprint density at radius 3 is 2.75 bits per heavy atom. The summed E-state index contributed by atoms with van der Waals surface area (Å²) in [6.07, 6.45) is 0. The predicted octanol–water partition coefficient (Wildman–Crippen LogP) is 1.90. The van der Waals surface area contributed by atoms with E-state index in [-0.39, 0.29) is 0 Å². The van der Waals surface area contributed by atoms with Crippen molar-refractivity contribution in [1.29, 1.82) is 0 Å². The van der Waals surface area contributed by atoms with Gasteiger partial charge in [-0.1, -0.05) is 13.5 Å². The minimum absolute atomic E-state index is 0.679. The van der Waals surface area contributed by atoms with E-state index in [2.05, 4.69) is 13.5 Å². The second kappa shape index (κ2) is 5.19. The largest absolute Gasteiger partial charge is 0.379 e. The van der Waals surface area contributed by atoms with Crippen LogP contribution in [0.1, 0.15) is 6.92 Å². The number of thioether (sulfide) groups is 1. The zero-order valence-electron chi connectivity index (χ0n) is 5.44. The van der Waals surface area contributed by atoms with E-state index in [4.69, 9.17) is 4.74 Å². The van der Waals surface area contributed by atoms with Gasteiger partial charge in [-0.15, -0.1) is 11.8 Å². The fraction of sp³-hybridized carbons (Fsp3) is 0.667. The number of rotatable bonds is 4. The summed E-state index contributed by atoms with van der Waals surface area (Å²) in [4.78, 5) is 1.11. The number of hydrogen-bond acceptors (Lipinski definition) is 2. The third-order valence-corrected chi connectivity index (χ3v) is 1.47. The molecule has 1 nitrogen and oxygen atoms in total. The molecule has 0 amide bonds. The molecule has 48 valence electrons. The lowest BCUT2D eigenvalue weighted by molar-refractivity contribution is 0.232. The van der Waals surface area contributed by atoms with Crippen molar-refractivity contribution in [1.82, 2.24) is 0 Å². The van der Waals surface area contributed by atoms with Gasteiger partial charge in [0.05, 0.1) is 6.61 Å². The molecule has 0 aromatic rings. The molecule has 0 atom stereocenters. The molecule has 0 fully saturated rings. The third-order valence-electron chi connectivity index (χ3n) is 0.654. The Morgan fingerprint density at radius 1 is 1.75 bits per heavy atom. The third kappa shape index (κ3) is 4.22. The van der Waals surface area contributed by atoms with Crippen LogP contribution in [0.5, 0.6) is 0 Å². The highest BCUT2D eigenvalue weighted by molar-refractivity contribution is 8.03. The van der Waals surface area contributed by atoms with Gasteiger partial charge in [-0.25, -0.2) is 0 Å². The Morgan fingerprint density at radius 2 is 2.38 bits per heavy atom. The standard InChI is InChI=1S/C6H12OS/c1-4-8-6(2)5-7-3/h2,4-5H2,1,3H3. The summed E-state index contributed by atoms with van der Waals surface area (Å²) < 4.78 is 4.84. The van der Waals surface area contributed by atoms with Crippen LogP contribution in [0.3, 0.4) is 0 Å². The van der Waals surface area contributed by atoms with Crippen LogP contribution in [0.15, 0.2) is 11.5 Å². The van der Waals surface area contributed by atoms with E-state index in [1.165, 1.54) is 0 Å². The first-order valence-corrected chi connectivity index (χ1v) is 3.59. The van der Waals surface area contributed by atoms with Crippen LogP contribution in [-0.2, 0) is 4.74 Å². The van der Waals surface area contributed by atoms with Crippen molar-refractivity contribution in [2.24, 2.45) is 0 Å². The molecule has 0 spiro atoms. The van der Waals surface area contributed by atoms with Gasteiger partial charge in [-0.2, -0.15) is 0 Å². The van der Waals surface area contributed by atoms with Crippen molar-refractivity contribution < 1.29 is 4.74 Å². The minimum Gasteiger partial charge on any atom is -0.379 e. The summed E-state index contributed by atoms with van der Waals surface area (Å²) in [5.74, 6) is 1.09. The summed E-state index contributed by atoms with van der Waals surface area (Å²) in [6, 6.07) is 0. The summed E-state index contributed by atoms with van der Waals surface area (Å²) in [7, 11) is 1.68. The van der Waals surface area contributed by atoms with E-state index in [9.17, 15) is 0 Å². The lowest BCUT2D eigenvalue weighted by Crippen LogP contribution is -1.87. The van der Waals surface area contributed by atoms with Gasteiger partial charge in [0, 0.05) is 12.0 Å². The zero-order valence-corrected chi connectivity index (χ0v) is 6.25. The molecule has 0 bridgehead atoms. The first-order valence-electron chi connectivity index (χ1n) is 2.60. The zero-order chi connectivity index (χ0) is 6.41. The van der Waals surface area contributed by atoms with Crippen molar-refractivity contribution in [2.75, 3.05) is 19.5 Å². The minimum atomic E-state index is 0.679. The van der Waals surface area contributed by atoms with Gasteiger partial charge in [0.1, 0.15) is 0 Å². The monoisotopic (exact) mass is 132 g/mol.